The highest BCUT2D eigenvalue weighted by molar-refractivity contribution is 5.71. The summed E-state index contributed by atoms with van der Waals surface area (Å²) in [5.41, 5.74) is 1.63. The van der Waals surface area contributed by atoms with Crippen molar-refractivity contribution in [2.45, 2.75) is 32.9 Å². The highest BCUT2D eigenvalue weighted by Crippen LogP contribution is 2.23. The Hall–Kier alpha value is -2.90. The third-order valence-electron chi connectivity index (χ3n) is 5.43. The maximum Gasteiger partial charge on any atom is 0.330 e. The van der Waals surface area contributed by atoms with Crippen molar-refractivity contribution in [1.29, 1.82) is 0 Å². The van der Waals surface area contributed by atoms with E-state index in [0.29, 0.717) is 19.0 Å². The number of hydrogen-bond donors (Lipinski definition) is 0. The lowest BCUT2D eigenvalue weighted by molar-refractivity contribution is 0.353. The second-order valence-corrected chi connectivity index (χ2v) is 7.11. The van der Waals surface area contributed by atoms with E-state index in [1.165, 1.54) is 4.57 Å². The standard InChI is InChI=1S/C19H24N6O2/c1-3-24-15-5-4-8-20-18(15)25(19(24)27)12-14-6-9-23(10-7-14)16-11-17(26)22(2)13-21-16/h4-5,8,11,13-14H,3,6-7,9-10,12H2,1-2H3. The highest BCUT2D eigenvalue weighted by atomic mass is 16.2. The van der Waals surface area contributed by atoms with E-state index in [4.69, 9.17) is 0 Å². The smallest absolute Gasteiger partial charge is 0.330 e. The first-order valence-electron chi connectivity index (χ1n) is 9.40. The van der Waals surface area contributed by atoms with Crippen molar-refractivity contribution in [3.8, 4) is 0 Å². The van der Waals surface area contributed by atoms with Crippen LogP contribution < -0.4 is 16.1 Å². The fraction of sp³-hybridized carbons (Fsp3) is 0.474. The highest BCUT2D eigenvalue weighted by Gasteiger charge is 2.23. The van der Waals surface area contributed by atoms with E-state index in [1.54, 1.807) is 30.2 Å². The molecule has 8 heteroatoms. The lowest BCUT2D eigenvalue weighted by atomic mass is 9.96. The van der Waals surface area contributed by atoms with Crippen LogP contribution >= 0.6 is 0 Å². The summed E-state index contributed by atoms with van der Waals surface area (Å²) in [4.78, 5) is 35.6. The van der Waals surface area contributed by atoms with Gasteiger partial charge in [-0.2, -0.15) is 0 Å². The molecule has 0 saturated carbocycles. The molecule has 0 aliphatic carbocycles. The predicted octanol–water partition coefficient (Wildman–Crippen LogP) is 1.23. The van der Waals surface area contributed by atoms with Gasteiger partial charge in [-0.15, -0.1) is 0 Å². The molecular formula is C19H24N6O2. The van der Waals surface area contributed by atoms with E-state index < -0.39 is 0 Å². The van der Waals surface area contributed by atoms with E-state index in [0.717, 1.165) is 42.9 Å². The molecule has 0 atom stereocenters. The number of aromatic nitrogens is 5. The van der Waals surface area contributed by atoms with Crippen LogP contribution in [0.3, 0.4) is 0 Å². The molecule has 3 aromatic rings. The van der Waals surface area contributed by atoms with Crippen molar-refractivity contribution in [3.63, 3.8) is 0 Å². The van der Waals surface area contributed by atoms with Crippen LogP contribution in [-0.4, -0.2) is 36.8 Å². The summed E-state index contributed by atoms with van der Waals surface area (Å²) >= 11 is 0. The predicted molar refractivity (Wildman–Crippen MR) is 104 cm³/mol. The number of pyridine rings is 1. The lowest BCUT2D eigenvalue weighted by Gasteiger charge is -2.32. The Bertz CT molecular complexity index is 1070. The number of fused-ring (bicyclic) bond motifs is 1. The van der Waals surface area contributed by atoms with Gasteiger partial charge in [0.2, 0.25) is 0 Å². The molecule has 4 heterocycles. The Balaban J connectivity index is 1.51. The minimum absolute atomic E-state index is 0.0156. The van der Waals surface area contributed by atoms with Gasteiger partial charge in [0, 0.05) is 45.5 Å². The largest absolute Gasteiger partial charge is 0.356 e. The van der Waals surface area contributed by atoms with Gasteiger partial charge in [-0.05, 0) is 37.8 Å². The molecular weight excluding hydrogens is 344 g/mol. The molecule has 0 spiro atoms. The number of rotatable bonds is 4. The second kappa shape index (κ2) is 7.02. The topological polar surface area (TPSA) is 78.0 Å². The molecule has 0 aromatic carbocycles. The van der Waals surface area contributed by atoms with E-state index in [2.05, 4.69) is 14.9 Å². The normalized spacial score (nSPS) is 15.6. The van der Waals surface area contributed by atoms with Crippen LogP contribution in [0, 0.1) is 5.92 Å². The zero-order valence-electron chi connectivity index (χ0n) is 15.7. The molecule has 0 unspecified atom stereocenters. The molecule has 1 aliphatic rings. The van der Waals surface area contributed by atoms with Crippen molar-refractivity contribution < 1.29 is 0 Å². The molecule has 0 amide bonds. The molecule has 0 N–H and O–H groups in total. The third-order valence-corrected chi connectivity index (χ3v) is 5.43. The Morgan fingerprint density at radius 2 is 1.93 bits per heavy atom. The van der Waals surface area contributed by atoms with Crippen molar-refractivity contribution in [1.82, 2.24) is 23.7 Å². The summed E-state index contributed by atoms with van der Waals surface area (Å²) in [7, 11) is 1.70. The van der Waals surface area contributed by atoms with Crippen LogP contribution in [0.2, 0.25) is 0 Å². The Morgan fingerprint density at radius 1 is 1.15 bits per heavy atom. The molecule has 142 valence electrons. The summed E-state index contributed by atoms with van der Waals surface area (Å²) in [6, 6.07) is 5.41. The number of piperidine rings is 1. The van der Waals surface area contributed by atoms with Gasteiger partial charge in [-0.3, -0.25) is 13.9 Å². The molecule has 0 radical (unpaired) electrons. The molecule has 8 nitrogen and oxygen atoms in total. The van der Waals surface area contributed by atoms with Gasteiger partial charge in [0.1, 0.15) is 5.82 Å². The number of aryl methyl sites for hydroxylation is 2. The van der Waals surface area contributed by atoms with E-state index >= 15 is 0 Å². The van der Waals surface area contributed by atoms with Crippen LogP contribution in [-0.2, 0) is 20.1 Å². The monoisotopic (exact) mass is 368 g/mol. The summed E-state index contributed by atoms with van der Waals surface area (Å²) in [5.74, 6) is 1.14. The third kappa shape index (κ3) is 3.15. The fourth-order valence-electron chi connectivity index (χ4n) is 3.84. The van der Waals surface area contributed by atoms with Gasteiger partial charge in [0.15, 0.2) is 5.65 Å². The van der Waals surface area contributed by atoms with E-state index in [-0.39, 0.29) is 11.2 Å². The zero-order valence-corrected chi connectivity index (χ0v) is 15.7. The first-order valence-corrected chi connectivity index (χ1v) is 9.40. The van der Waals surface area contributed by atoms with Crippen LogP contribution in [0.25, 0.3) is 11.2 Å². The van der Waals surface area contributed by atoms with Crippen LogP contribution in [0.4, 0.5) is 5.82 Å². The average molecular weight is 368 g/mol. The van der Waals surface area contributed by atoms with E-state index in [9.17, 15) is 9.59 Å². The minimum Gasteiger partial charge on any atom is -0.356 e. The fourth-order valence-corrected chi connectivity index (χ4v) is 3.84. The van der Waals surface area contributed by atoms with E-state index in [1.807, 2.05) is 23.6 Å². The second-order valence-electron chi connectivity index (χ2n) is 7.11. The maximum absolute atomic E-state index is 12.8. The van der Waals surface area contributed by atoms with Crippen molar-refractivity contribution in [2.75, 3.05) is 18.0 Å². The number of nitrogens with zero attached hydrogens (tertiary/aromatic N) is 6. The van der Waals surface area contributed by atoms with Gasteiger partial charge >= 0.3 is 5.69 Å². The lowest BCUT2D eigenvalue weighted by Crippen LogP contribution is -2.37. The molecule has 3 aromatic heterocycles. The van der Waals surface area contributed by atoms with Gasteiger partial charge in [-0.25, -0.2) is 14.8 Å². The SMILES string of the molecule is CCn1c(=O)n(CC2CCN(c3cc(=O)n(C)cn3)CC2)c2ncccc21. The van der Waals surface area contributed by atoms with Crippen molar-refractivity contribution in [2.24, 2.45) is 13.0 Å². The van der Waals surface area contributed by atoms with Crippen LogP contribution in [0.1, 0.15) is 19.8 Å². The van der Waals surface area contributed by atoms with Gasteiger partial charge < -0.3 is 9.47 Å². The molecule has 1 saturated heterocycles. The average Bonchev–Trinajstić information content (AvgIpc) is 2.96. The van der Waals surface area contributed by atoms with Crippen LogP contribution in [0.5, 0.6) is 0 Å². The first-order chi connectivity index (χ1) is 13.1. The Labute approximate surface area is 156 Å². The van der Waals surface area contributed by atoms with Gasteiger partial charge in [-0.1, -0.05) is 0 Å². The molecule has 0 bridgehead atoms. The maximum atomic E-state index is 12.8. The number of imidazole rings is 1. The summed E-state index contributed by atoms with van der Waals surface area (Å²) < 4.78 is 5.07. The Kier molecular flexibility index (Phi) is 4.55. The summed E-state index contributed by atoms with van der Waals surface area (Å²) in [6.07, 6.45) is 5.21. The van der Waals surface area contributed by atoms with Crippen LogP contribution in [0.15, 0.2) is 40.3 Å². The first kappa shape index (κ1) is 17.5. The molecule has 27 heavy (non-hydrogen) atoms. The number of hydrogen-bond acceptors (Lipinski definition) is 5. The number of anilines is 1. The van der Waals surface area contributed by atoms with Gasteiger partial charge in [0.25, 0.3) is 5.56 Å². The molecule has 1 fully saturated rings. The summed E-state index contributed by atoms with van der Waals surface area (Å²) in [5, 5.41) is 0. The van der Waals surface area contributed by atoms with Crippen molar-refractivity contribution in [3.05, 3.63) is 51.6 Å². The quantitative estimate of drug-likeness (QED) is 0.692. The molecule has 4 rings (SSSR count). The molecule has 1 aliphatic heterocycles. The van der Waals surface area contributed by atoms with Crippen molar-refractivity contribution >= 4 is 17.0 Å². The zero-order chi connectivity index (χ0) is 19.0. The van der Waals surface area contributed by atoms with Gasteiger partial charge in [0.05, 0.1) is 11.8 Å². The minimum atomic E-state index is -0.0490. The Morgan fingerprint density at radius 3 is 2.63 bits per heavy atom. The summed E-state index contributed by atoms with van der Waals surface area (Å²) in [6.45, 7) is 4.96.